The maximum atomic E-state index is 7.85. The van der Waals surface area contributed by atoms with E-state index in [4.69, 9.17) is 5.41 Å². The van der Waals surface area contributed by atoms with Gasteiger partial charge < -0.3 is 0 Å². The Labute approximate surface area is 91.7 Å². The van der Waals surface area contributed by atoms with Crippen molar-refractivity contribution in [2.75, 3.05) is 0 Å². The molecule has 1 heteroatoms. The minimum Gasteiger partial charge on any atom is -0.300 e. The molecular weight excluding hydrogens is 182 g/mol. The predicted molar refractivity (Wildman–Crippen MR) is 67.1 cm³/mol. The molecule has 1 aromatic rings. The Balaban J connectivity index is 0.000000921. The van der Waals surface area contributed by atoms with Crippen LogP contribution in [0.15, 0.2) is 54.6 Å². The molecule has 0 unspecified atom stereocenters. The van der Waals surface area contributed by atoms with Gasteiger partial charge in [0.1, 0.15) is 0 Å². The topological polar surface area (TPSA) is 23.9 Å². The zero-order valence-corrected chi connectivity index (χ0v) is 8.90. The van der Waals surface area contributed by atoms with Crippen LogP contribution in [0.5, 0.6) is 0 Å². The fraction of sp³-hybridized carbons (Fsp3) is 0.0714. The van der Waals surface area contributed by atoms with E-state index in [1.54, 1.807) is 6.08 Å². The summed E-state index contributed by atoms with van der Waals surface area (Å²) in [7, 11) is 0. The summed E-state index contributed by atoms with van der Waals surface area (Å²) in [4.78, 5) is 0. The Hall–Kier alpha value is -2.07. The van der Waals surface area contributed by atoms with Gasteiger partial charge in [0.05, 0.1) is 5.71 Å². The maximum absolute atomic E-state index is 7.85. The fourth-order valence-electron chi connectivity index (χ4n) is 1.14. The van der Waals surface area contributed by atoms with Gasteiger partial charge in [-0.25, -0.2) is 0 Å². The van der Waals surface area contributed by atoms with Crippen LogP contribution < -0.4 is 0 Å². The Morgan fingerprint density at radius 3 is 2.20 bits per heavy atom. The van der Waals surface area contributed by atoms with Gasteiger partial charge in [-0.1, -0.05) is 49.1 Å². The molecule has 0 bridgehead atoms. The zero-order valence-electron chi connectivity index (χ0n) is 8.90. The highest BCUT2D eigenvalue weighted by Gasteiger charge is 2.01. The van der Waals surface area contributed by atoms with Gasteiger partial charge >= 0.3 is 0 Å². The van der Waals surface area contributed by atoms with E-state index in [0.717, 1.165) is 11.1 Å². The third-order valence-electron chi connectivity index (χ3n) is 1.88. The van der Waals surface area contributed by atoms with Crippen molar-refractivity contribution >= 4 is 5.71 Å². The Morgan fingerprint density at radius 1 is 1.27 bits per heavy atom. The number of allylic oxidation sites excluding steroid dienone is 3. The first-order valence-corrected chi connectivity index (χ1v) is 4.56. The van der Waals surface area contributed by atoms with Gasteiger partial charge in [0.25, 0.3) is 0 Å². The van der Waals surface area contributed by atoms with Crippen molar-refractivity contribution in [1.29, 1.82) is 5.41 Å². The lowest BCUT2D eigenvalue weighted by atomic mass is 10.0. The lowest BCUT2D eigenvalue weighted by Gasteiger charge is -2.03. The molecule has 0 radical (unpaired) electrons. The molecule has 0 aliphatic rings. The van der Waals surface area contributed by atoms with Crippen LogP contribution in [0.2, 0.25) is 0 Å². The van der Waals surface area contributed by atoms with Crippen molar-refractivity contribution in [3.8, 4) is 12.8 Å². The minimum absolute atomic E-state index is 0.526. The predicted octanol–water partition coefficient (Wildman–Crippen LogP) is 3.44. The summed E-state index contributed by atoms with van der Waals surface area (Å²) in [5.41, 5.74) is 2.32. The maximum Gasteiger partial charge on any atom is 0.0680 e. The second-order valence-corrected chi connectivity index (χ2v) is 2.69. The third-order valence-corrected chi connectivity index (χ3v) is 1.88. The van der Waals surface area contributed by atoms with E-state index >= 15 is 0 Å². The highest BCUT2D eigenvalue weighted by molar-refractivity contribution is 6.12. The molecule has 15 heavy (non-hydrogen) atoms. The highest BCUT2D eigenvalue weighted by atomic mass is 14.4. The summed E-state index contributed by atoms with van der Waals surface area (Å²) in [5.74, 6) is 0. The van der Waals surface area contributed by atoms with Crippen molar-refractivity contribution in [2.24, 2.45) is 0 Å². The lowest BCUT2D eigenvalue weighted by Crippen LogP contribution is -2.00. The Bertz CT molecular complexity index is 369. The summed E-state index contributed by atoms with van der Waals surface area (Å²) in [6.45, 7) is 5.58. The second-order valence-electron chi connectivity index (χ2n) is 2.69. The van der Waals surface area contributed by atoms with Crippen LogP contribution in [0.25, 0.3) is 0 Å². The molecule has 1 aromatic carbocycles. The number of benzene rings is 1. The Kier molecular flexibility index (Phi) is 6.33. The molecule has 1 rings (SSSR count). The van der Waals surface area contributed by atoms with E-state index in [2.05, 4.69) is 19.4 Å². The molecule has 0 atom stereocenters. The minimum atomic E-state index is 0.526. The number of rotatable bonds is 3. The molecule has 0 aliphatic carbocycles. The van der Waals surface area contributed by atoms with E-state index in [1.165, 1.54) is 0 Å². The van der Waals surface area contributed by atoms with Crippen LogP contribution >= 0.6 is 0 Å². The molecule has 0 saturated heterocycles. The first-order chi connectivity index (χ1) is 7.29. The van der Waals surface area contributed by atoms with Crippen LogP contribution in [0, 0.1) is 18.3 Å². The molecule has 0 fully saturated rings. The zero-order chi connectivity index (χ0) is 11.7. The van der Waals surface area contributed by atoms with Crippen molar-refractivity contribution < 1.29 is 0 Å². The third kappa shape index (κ3) is 3.66. The van der Waals surface area contributed by atoms with Gasteiger partial charge in [0, 0.05) is 0 Å². The van der Waals surface area contributed by atoms with E-state index < -0.39 is 0 Å². The monoisotopic (exact) mass is 197 g/mol. The number of nitrogens with one attached hydrogen (secondary N) is 1. The largest absolute Gasteiger partial charge is 0.300 e. The summed E-state index contributed by atoms with van der Waals surface area (Å²) in [6, 6.07) is 9.66. The standard InChI is InChI=1S/C12H13N.C2H2/c1-3-10(4-2)12(13)11-8-6-5-7-9-11;1-2/h3-9,13H,1H2,2H3;1-2H/b10-4+,13-12?;. The normalized spacial score (nSPS) is 9.67. The van der Waals surface area contributed by atoms with Crippen molar-refractivity contribution in [1.82, 2.24) is 0 Å². The number of terminal acetylenes is 1. The quantitative estimate of drug-likeness (QED) is 0.436. The van der Waals surface area contributed by atoms with Gasteiger partial charge in [-0.2, -0.15) is 0 Å². The molecule has 0 saturated carbocycles. The van der Waals surface area contributed by atoms with Gasteiger partial charge in [0.15, 0.2) is 0 Å². The average molecular weight is 197 g/mol. The smallest absolute Gasteiger partial charge is 0.0680 e. The van der Waals surface area contributed by atoms with Crippen LogP contribution in [-0.2, 0) is 0 Å². The van der Waals surface area contributed by atoms with E-state index in [-0.39, 0.29) is 0 Å². The van der Waals surface area contributed by atoms with Gasteiger partial charge in [-0.05, 0) is 18.1 Å². The first kappa shape index (κ1) is 12.9. The summed E-state index contributed by atoms with van der Waals surface area (Å²) >= 11 is 0. The van der Waals surface area contributed by atoms with E-state index in [9.17, 15) is 0 Å². The fourth-order valence-corrected chi connectivity index (χ4v) is 1.14. The summed E-state index contributed by atoms with van der Waals surface area (Å²) in [6.07, 6.45) is 11.6. The molecule has 0 aromatic heterocycles. The molecule has 0 amide bonds. The molecule has 1 N–H and O–H groups in total. The van der Waals surface area contributed by atoms with Crippen LogP contribution in [-0.4, -0.2) is 5.71 Å². The van der Waals surface area contributed by atoms with Gasteiger partial charge in [-0.3, -0.25) is 5.41 Å². The molecule has 0 spiro atoms. The number of hydrogen-bond donors (Lipinski definition) is 1. The molecular formula is C14H15N. The van der Waals surface area contributed by atoms with Crippen molar-refractivity contribution in [2.45, 2.75) is 6.92 Å². The summed E-state index contributed by atoms with van der Waals surface area (Å²) in [5, 5.41) is 7.85. The number of hydrogen-bond acceptors (Lipinski definition) is 1. The second kappa shape index (κ2) is 7.34. The summed E-state index contributed by atoms with van der Waals surface area (Å²) < 4.78 is 0. The van der Waals surface area contributed by atoms with Gasteiger partial charge in [-0.15, -0.1) is 12.8 Å². The van der Waals surface area contributed by atoms with Crippen LogP contribution in [0.3, 0.4) is 0 Å². The Morgan fingerprint density at radius 2 is 1.80 bits per heavy atom. The first-order valence-electron chi connectivity index (χ1n) is 4.56. The molecule has 0 heterocycles. The highest BCUT2D eigenvalue weighted by Crippen LogP contribution is 2.08. The SMILES string of the molecule is C#C.C=C/C(=C\C)C(=N)c1ccccc1. The average Bonchev–Trinajstić information content (AvgIpc) is 2.34. The lowest BCUT2D eigenvalue weighted by molar-refractivity contribution is 1.46. The molecule has 76 valence electrons. The van der Waals surface area contributed by atoms with Gasteiger partial charge in [0.2, 0.25) is 0 Å². The van der Waals surface area contributed by atoms with Crippen LogP contribution in [0.1, 0.15) is 12.5 Å². The molecule has 0 aliphatic heterocycles. The molecule has 1 nitrogen and oxygen atoms in total. The van der Waals surface area contributed by atoms with Crippen LogP contribution in [0.4, 0.5) is 0 Å². The van der Waals surface area contributed by atoms with E-state index in [1.807, 2.05) is 43.3 Å². The van der Waals surface area contributed by atoms with Crippen molar-refractivity contribution in [3.63, 3.8) is 0 Å². The van der Waals surface area contributed by atoms with E-state index in [0.29, 0.717) is 5.71 Å². The van der Waals surface area contributed by atoms with Crippen molar-refractivity contribution in [3.05, 3.63) is 60.2 Å².